The second-order valence-corrected chi connectivity index (χ2v) is 36.5. The summed E-state index contributed by atoms with van der Waals surface area (Å²) < 4.78 is 10.6. The number of para-hydroxylation sites is 4. The molecule has 2 heterocycles. The third kappa shape index (κ3) is 22.5. The quantitative estimate of drug-likeness (QED) is 0.0553. The highest BCUT2D eigenvalue weighted by atomic mass is 32.2. The van der Waals surface area contributed by atoms with Crippen molar-refractivity contribution in [1.82, 2.24) is 0 Å². The van der Waals surface area contributed by atoms with Crippen LogP contribution in [0.2, 0.25) is 0 Å². The fraction of sp³-hybridized carbons (Fsp3) is 0.108. The molecule has 0 atom stereocenters. The number of aryl methyl sites for hydroxylation is 4. The van der Waals surface area contributed by atoms with E-state index in [0.717, 1.165) is 65.8 Å². The maximum absolute atomic E-state index is 5.28. The van der Waals surface area contributed by atoms with Crippen LogP contribution in [0.5, 0.6) is 11.5 Å². The molecule has 18 aromatic carbocycles. The molecule has 138 heavy (non-hydrogen) atoms. The Bertz CT molecular complexity index is 6800. The monoisotopic (exact) mass is 1830 g/mol. The fourth-order valence-electron chi connectivity index (χ4n) is 17.9. The summed E-state index contributed by atoms with van der Waals surface area (Å²) in [7, 11) is 3.36. The van der Waals surface area contributed by atoms with Crippen LogP contribution in [0.15, 0.2) is 481 Å². The second-order valence-electron chi connectivity index (χ2n) is 34.4. The van der Waals surface area contributed by atoms with Gasteiger partial charge in [-0.2, -0.15) is 0 Å². The van der Waals surface area contributed by atoms with Crippen LogP contribution >= 0.6 is 23.5 Å². The number of fused-ring (bicyclic) bond motifs is 4. The van der Waals surface area contributed by atoms with Crippen LogP contribution < -0.4 is 29.1 Å². The van der Waals surface area contributed by atoms with Crippen molar-refractivity contribution in [1.29, 1.82) is 0 Å². The van der Waals surface area contributed by atoms with Gasteiger partial charge < -0.3 is 29.1 Å². The zero-order valence-electron chi connectivity index (χ0n) is 80.3. The van der Waals surface area contributed by atoms with Gasteiger partial charge in [0.15, 0.2) is 0 Å². The maximum Gasteiger partial charge on any atom is 0.118 e. The summed E-state index contributed by atoms with van der Waals surface area (Å²) in [4.78, 5) is 14.6. The number of methoxy groups -OCH3 is 2. The van der Waals surface area contributed by atoms with Crippen molar-refractivity contribution < 1.29 is 9.47 Å². The molecule has 0 fully saturated rings. The van der Waals surface area contributed by atoms with E-state index in [1.807, 2.05) is 47.8 Å². The van der Waals surface area contributed by atoms with Gasteiger partial charge in [0.25, 0.3) is 0 Å². The predicted molar refractivity (Wildman–Crippen MR) is 591 cm³/mol. The molecule has 8 heteroatoms. The summed E-state index contributed by atoms with van der Waals surface area (Å²) in [5, 5.41) is 0. The summed E-state index contributed by atoms with van der Waals surface area (Å²) in [5.41, 5.74) is 38.9. The first-order valence-corrected chi connectivity index (χ1v) is 49.4. The van der Waals surface area contributed by atoms with Crippen molar-refractivity contribution in [2.45, 2.75) is 75.0 Å². The van der Waals surface area contributed by atoms with Crippen molar-refractivity contribution in [2.24, 2.45) is 0 Å². The number of anilines is 8. The van der Waals surface area contributed by atoms with Gasteiger partial charge in [-0.15, -0.1) is 0 Å². The van der Waals surface area contributed by atoms with E-state index in [0.29, 0.717) is 0 Å². The highest BCUT2D eigenvalue weighted by Crippen LogP contribution is 2.54. The van der Waals surface area contributed by atoms with Gasteiger partial charge in [-0.25, -0.2) is 0 Å². The van der Waals surface area contributed by atoms with Crippen LogP contribution in [-0.2, 0) is 0 Å². The van der Waals surface area contributed by atoms with E-state index in [1.54, 1.807) is 14.2 Å². The van der Waals surface area contributed by atoms with E-state index in [-0.39, 0.29) is 0 Å². The average molecular weight is 1830 g/mol. The van der Waals surface area contributed by atoms with Gasteiger partial charge in [-0.3, -0.25) is 0 Å². The minimum Gasteiger partial charge on any atom is -0.497 e. The van der Waals surface area contributed by atoms with Crippen LogP contribution in [-0.4, -0.2) is 40.4 Å². The molecule has 0 saturated carbocycles. The Morgan fingerprint density at radius 3 is 0.667 bits per heavy atom. The first-order valence-electron chi connectivity index (χ1n) is 47.7. The fourth-order valence-corrected chi connectivity index (χ4v) is 20.1. The molecular weight excluding hydrogens is 1710 g/mol. The standard InChI is InChI=1S/C45H32N2S2.C35H40N2.C27H22.C23H22O2/c1-31-18-20-32(21-19-31)30-37(33-22-26-35(27-23-33)46-38-10-2-6-14-42(38)48-43-15-7-3-11-39(43)46)34-24-28-36(29-25-34)47-40-12-4-8-16-44(40)49-45-17-9-5-13-41(45)47;1-6-36(7-2)32-23-19-30(20-24-32)35(31-21-25-33(26-22-31)37(8-3)9-4)34(28-13-11-10-12-14-28)29-17-15-27(5)16-18-29;1-21-17-19-25(20-18-21)27(24-15-9-4-10-16-24)26(22-11-5-2-6-12-22)23-13-7-3-8-14-23;1-17-4-6-18(7-5-17)16-23(19-8-12-21(24-2)13-9-19)20-10-14-22(25-3)15-11-20/h2-30H,1H3;10-26H,6-9H2,1-5H3;2-20H,1H3;4-16H,1-3H3. The van der Waals surface area contributed by atoms with Crippen molar-refractivity contribution in [3.63, 3.8) is 0 Å². The van der Waals surface area contributed by atoms with Crippen LogP contribution in [0.3, 0.4) is 0 Å². The van der Waals surface area contributed by atoms with Crippen LogP contribution in [0.25, 0.3) is 45.6 Å². The first-order chi connectivity index (χ1) is 67.8. The number of rotatable bonds is 24. The molecule has 2 aliphatic rings. The number of hydrogen-bond acceptors (Lipinski definition) is 8. The van der Waals surface area contributed by atoms with Gasteiger partial charge in [0.1, 0.15) is 11.5 Å². The third-order valence-corrected chi connectivity index (χ3v) is 27.6. The first kappa shape index (κ1) is 94.2. The molecule has 2 aliphatic heterocycles. The maximum atomic E-state index is 5.28. The molecule has 20 rings (SSSR count). The largest absolute Gasteiger partial charge is 0.497 e. The molecule has 0 aromatic heterocycles. The summed E-state index contributed by atoms with van der Waals surface area (Å²) in [6.07, 6.45) is 4.52. The Hall–Kier alpha value is -15.6. The number of ether oxygens (including phenoxy) is 2. The molecule has 0 saturated heterocycles. The Morgan fingerprint density at radius 1 is 0.225 bits per heavy atom. The van der Waals surface area contributed by atoms with Crippen LogP contribution in [0, 0.1) is 27.7 Å². The molecule has 0 aliphatic carbocycles. The zero-order valence-corrected chi connectivity index (χ0v) is 81.9. The van der Waals surface area contributed by atoms with Gasteiger partial charge in [0, 0.05) is 68.5 Å². The van der Waals surface area contributed by atoms with E-state index in [2.05, 4.69) is 524 Å². The van der Waals surface area contributed by atoms with Crippen LogP contribution in [0.1, 0.15) is 128 Å². The van der Waals surface area contributed by atoms with Gasteiger partial charge in [-0.05, 0) is 300 Å². The van der Waals surface area contributed by atoms with E-state index < -0.39 is 0 Å². The summed E-state index contributed by atoms with van der Waals surface area (Å²) in [6.45, 7) is 21.4. The summed E-state index contributed by atoms with van der Waals surface area (Å²) in [6, 6.07) is 165. The molecule has 18 aromatic rings. The zero-order chi connectivity index (χ0) is 95.1. The average Bonchev–Trinajstić information content (AvgIpc) is 0.742. The lowest BCUT2D eigenvalue weighted by Crippen LogP contribution is -2.21. The van der Waals surface area contributed by atoms with Crippen molar-refractivity contribution >= 4 is 115 Å². The number of benzene rings is 18. The van der Waals surface area contributed by atoms with E-state index >= 15 is 0 Å². The van der Waals surface area contributed by atoms with Gasteiger partial charge in [0.2, 0.25) is 0 Å². The lowest BCUT2D eigenvalue weighted by Gasteiger charge is -2.33. The molecule has 680 valence electrons. The Balaban J connectivity index is 0.000000132. The molecule has 0 spiro atoms. The minimum atomic E-state index is 0.855. The van der Waals surface area contributed by atoms with Crippen molar-refractivity contribution in [3.05, 3.63) is 561 Å². The summed E-state index contributed by atoms with van der Waals surface area (Å²) >= 11 is 3.67. The van der Waals surface area contributed by atoms with Gasteiger partial charge in [-0.1, -0.05) is 385 Å². The molecule has 0 radical (unpaired) electrons. The normalized spacial score (nSPS) is 11.3. The molecular formula is C130H116N4O2S2. The lowest BCUT2D eigenvalue weighted by atomic mass is 9.85. The molecule has 0 amide bonds. The Labute approximate surface area is 825 Å². The van der Waals surface area contributed by atoms with Gasteiger partial charge >= 0.3 is 0 Å². The third-order valence-electron chi connectivity index (χ3n) is 25.3. The molecule has 0 unspecified atom stereocenters. The topological polar surface area (TPSA) is 31.4 Å². The molecule has 6 nitrogen and oxygen atoms in total. The number of hydrogen-bond donors (Lipinski definition) is 0. The molecule has 0 N–H and O–H groups in total. The van der Waals surface area contributed by atoms with Crippen molar-refractivity contribution in [3.8, 4) is 11.5 Å². The van der Waals surface area contributed by atoms with E-state index in [9.17, 15) is 0 Å². The SMILES string of the molecule is CCN(CC)c1ccc(C(=C(c2ccccc2)c2ccc(C)cc2)c2ccc(N(CC)CC)cc2)cc1.COc1ccc(C(=Cc2ccc(C)cc2)c2ccc(OC)cc2)cc1.Cc1ccc(C(=C(c2ccccc2)c2ccccc2)c2ccccc2)cc1.Cc1ccc(C=C(c2ccc(N3c4ccccc4Sc4ccccc43)cc2)c2ccc(N3c4ccccc4Sc4ccccc43)cc2)cc1. The second kappa shape index (κ2) is 45.6. The lowest BCUT2D eigenvalue weighted by molar-refractivity contribution is 0.414. The van der Waals surface area contributed by atoms with E-state index in [1.165, 1.54) is 171 Å². The van der Waals surface area contributed by atoms with E-state index in [4.69, 9.17) is 9.47 Å². The predicted octanol–water partition coefficient (Wildman–Crippen LogP) is 34.8. The Kier molecular flexibility index (Phi) is 31.2. The Morgan fingerprint density at radius 2 is 0.428 bits per heavy atom. The number of nitrogens with zero attached hydrogens (tertiary/aromatic N) is 4. The van der Waals surface area contributed by atoms with Gasteiger partial charge in [0.05, 0.1) is 37.0 Å². The van der Waals surface area contributed by atoms with Crippen molar-refractivity contribution in [2.75, 3.05) is 60.0 Å². The highest BCUT2D eigenvalue weighted by molar-refractivity contribution is 8.00. The molecule has 0 bridgehead atoms. The minimum absolute atomic E-state index is 0.855. The smallest absolute Gasteiger partial charge is 0.118 e. The summed E-state index contributed by atoms with van der Waals surface area (Å²) in [5.74, 6) is 1.71. The highest BCUT2D eigenvalue weighted by Gasteiger charge is 2.28. The van der Waals surface area contributed by atoms with Crippen LogP contribution in [0.4, 0.5) is 45.5 Å².